The van der Waals surface area contributed by atoms with E-state index in [1.165, 1.54) is 12.1 Å². The van der Waals surface area contributed by atoms with Crippen molar-refractivity contribution in [2.24, 2.45) is 11.1 Å². The monoisotopic (exact) mass is 270 g/mol. The van der Waals surface area contributed by atoms with E-state index in [2.05, 4.69) is 4.90 Å². The standard InChI is InChI=1S/C12H18N2O3S/c1-9(15)10-6-7-14(8-10)11-2-4-12(5-3-11)18(13,16)17/h2-5,9-10,15H,6-8H2,1H3,(H2,13,16,17). The first kappa shape index (κ1) is 13.3. The van der Waals surface area contributed by atoms with Gasteiger partial charge in [-0.2, -0.15) is 0 Å². The summed E-state index contributed by atoms with van der Waals surface area (Å²) in [6.45, 7) is 3.48. The van der Waals surface area contributed by atoms with Gasteiger partial charge in [-0.25, -0.2) is 13.6 Å². The first-order chi connectivity index (χ1) is 8.38. The SMILES string of the molecule is CC(O)C1CCN(c2ccc(S(N)(=O)=O)cc2)C1. The zero-order valence-corrected chi connectivity index (χ0v) is 11.1. The zero-order chi connectivity index (χ0) is 13.3. The molecule has 0 amide bonds. The summed E-state index contributed by atoms with van der Waals surface area (Å²) in [4.78, 5) is 2.27. The van der Waals surface area contributed by atoms with Gasteiger partial charge in [0.2, 0.25) is 10.0 Å². The second kappa shape index (κ2) is 4.87. The largest absolute Gasteiger partial charge is 0.393 e. The number of rotatable bonds is 3. The number of primary sulfonamides is 1. The topological polar surface area (TPSA) is 83.6 Å². The van der Waals surface area contributed by atoms with Crippen LogP contribution in [0.15, 0.2) is 29.2 Å². The molecule has 5 nitrogen and oxygen atoms in total. The number of sulfonamides is 1. The number of hydrogen-bond donors (Lipinski definition) is 2. The molecule has 0 bridgehead atoms. The second-order valence-electron chi connectivity index (χ2n) is 4.77. The molecule has 1 fully saturated rings. The van der Waals surface area contributed by atoms with Crippen LogP contribution in [0, 0.1) is 5.92 Å². The van der Waals surface area contributed by atoms with Crippen molar-refractivity contribution in [1.82, 2.24) is 0 Å². The van der Waals surface area contributed by atoms with E-state index < -0.39 is 10.0 Å². The van der Waals surface area contributed by atoms with Crippen LogP contribution in [0.1, 0.15) is 13.3 Å². The van der Waals surface area contributed by atoms with Gasteiger partial charge in [0.15, 0.2) is 0 Å². The molecule has 0 spiro atoms. The minimum absolute atomic E-state index is 0.123. The first-order valence-corrected chi connectivity index (χ1v) is 7.48. The highest BCUT2D eigenvalue weighted by Crippen LogP contribution is 2.26. The number of nitrogens with zero attached hydrogens (tertiary/aromatic N) is 1. The molecule has 100 valence electrons. The third-order valence-electron chi connectivity index (χ3n) is 3.44. The molecule has 1 heterocycles. The molecule has 1 aliphatic heterocycles. The van der Waals surface area contributed by atoms with E-state index in [1.54, 1.807) is 19.1 Å². The molecule has 0 aromatic heterocycles. The lowest BCUT2D eigenvalue weighted by molar-refractivity contribution is 0.136. The molecule has 1 saturated heterocycles. The highest BCUT2D eigenvalue weighted by Gasteiger charge is 2.26. The number of aliphatic hydroxyl groups excluding tert-OH is 1. The van der Waals surface area contributed by atoms with Gasteiger partial charge < -0.3 is 10.0 Å². The average Bonchev–Trinajstić information content (AvgIpc) is 2.77. The molecule has 1 aromatic carbocycles. The Kier molecular flexibility index (Phi) is 3.61. The van der Waals surface area contributed by atoms with Gasteiger partial charge in [0, 0.05) is 24.7 Å². The third kappa shape index (κ3) is 2.82. The number of anilines is 1. The van der Waals surface area contributed by atoms with Gasteiger partial charge in [-0.1, -0.05) is 0 Å². The van der Waals surface area contributed by atoms with E-state index in [0.717, 1.165) is 25.2 Å². The molecular formula is C12H18N2O3S. The van der Waals surface area contributed by atoms with E-state index in [1.807, 2.05) is 0 Å². The van der Waals surface area contributed by atoms with Crippen LogP contribution >= 0.6 is 0 Å². The number of hydrogen-bond acceptors (Lipinski definition) is 4. The van der Waals surface area contributed by atoms with Crippen molar-refractivity contribution >= 4 is 15.7 Å². The molecule has 6 heteroatoms. The summed E-state index contributed by atoms with van der Waals surface area (Å²) in [5, 5.41) is 14.6. The van der Waals surface area contributed by atoms with Crippen molar-refractivity contribution in [1.29, 1.82) is 0 Å². The Morgan fingerprint density at radius 1 is 1.39 bits per heavy atom. The lowest BCUT2D eigenvalue weighted by Gasteiger charge is -2.19. The van der Waals surface area contributed by atoms with E-state index in [4.69, 9.17) is 5.14 Å². The fourth-order valence-electron chi connectivity index (χ4n) is 2.26. The summed E-state index contributed by atoms with van der Waals surface area (Å²) in [5.74, 6) is 0.280. The van der Waals surface area contributed by atoms with Gasteiger partial charge in [-0.3, -0.25) is 0 Å². The minimum Gasteiger partial charge on any atom is -0.393 e. The van der Waals surface area contributed by atoms with Crippen LogP contribution in [0.3, 0.4) is 0 Å². The van der Waals surface area contributed by atoms with Crippen LogP contribution in [-0.2, 0) is 10.0 Å². The molecule has 0 radical (unpaired) electrons. The number of nitrogens with two attached hydrogens (primary N) is 1. The molecule has 1 aliphatic rings. The quantitative estimate of drug-likeness (QED) is 0.839. The Morgan fingerprint density at radius 3 is 2.44 bits per heavy atom. The first-order valence-electron chi connectivity index (χ1n) is 5.94. The van der Waals surface area contributed by atoms with Crippen molar-refractivity contribution in [3.05, 3.63) is 24.3 Å². The van der Waals surface area contributed by atoms with Crippen LogP contribution in [0.25, 0.3) is 0 Å². The van der Waals surface area contributed by atoms with Crippen LogP contribution in [0.5, 0.6) is 0 Å². The molecule has 0 aliphatic carbocycles. The van der Waals surface area contributed by atoms with Gasteiger partial charge in [-0.05, 0) is 37.6 Å². The van der Waals surface area contributed by atoms with E-state index in [9.17, 15) is 13.5 Å². The van der Waals surface area contributed by atoms with Crippen molar-refractivity contribution in [2.75, 3.05) is 18.0 Å². The Bertz CT molecular complexity index is 511. The van der Waals surface area contributed by atoms with Gasteiger partial charge in [0.1, 0.15) is 0 Å². The van der Waals surface area contributed by atoms with Crippen LogP contribution < -0.4 is 10.0 Å². The Hall–Kier alpha value is -1.11. The molecular weight excluding hydrogens is 252 g/mol. The van der Waals surface area contributed by atoms with Gasteiger partial charge in [0.25, 0.3) is 0 Å². The second-order valence-corrected chi connectivity index (χ2v) is 6.34. The number of aliphatic hydroxyl groups is 1. The van der Waals surface area contributed by atoms with Gasteiger partial charge in [-0.15, -0.1) is 0 Å². The fourth-order valence-corrected chi connectivity index (χ4v) is 2.78. The average molecular weight is 270 g/mol. The van der Waals surface area contributed by atoms with Crippen molar-refractivity contribution in [3.8, 4) is 0 Å². The zero-order valence-electron chi connectivity index (χ0n) is 10.3. The summed E-state index contributed by atoms with van der Waals surface area (Å²) >= 11 is 0. The lowest BCUT2D eigenvalue weighted by Crippen LogP contribution is -2.23. The Labute approximate surface area is 107 Å². The minimum atomic E-state index is -3.63. The Morgan fingerprint density at radius 2 is 2.00 bits per heavy atom. The Balaban J connectivity index is 2.12. The molecule has 2 rings (SSSR count). The molecule has 3 N–H and O–H groups in total. The summed E-state index contributed by atoms with van der Waals surface area (Å²) in [6, 6.07) is 6.54. The molecule has 0 saturated carbocycles. The van der Waals surface area contributed by atoms with E-state index in [-0.39, 0.29) is 16.9 Å². The number of benzene rings is 1. The summed E-state index contributed by atoms with van der Waals surface area (Å²) in [7, 11) is -3.63. The maximum atomic E-state index is 11.1. The lowest BCUT2D eigenvalue weighted by atomic mass is 10.0. The van der Waals surface area contributed by atoms with Gasteiger partial charge >= 0.3 is 0 Å². The molecule has 2 unspecified atom stereocenters. The maximum Gasteiger partial charge on any atom is 0.238 e. The highest BCUT2D eigenvalue weighted by atomic mass is 32.2. The maximum absolute atomic E-state index is 11.1. The normalized spacial score (nSPS) is 22.2. The molecule has 18 heavy (non-hydrogen) atoms. The van der Waals surface area contributed by atoms with Crippen molar-refractivity contribution in [3.63, 3.8) is 0 Å². The summed E-state index contributed by atoms with van der Waals surface area (Å²) in [5.41, 5.74) is 0.963. The molecule has 1 aromatic rings. The highest BCUT2D eigenvalue weighted by molar-refractivity contribution is 7.89. The third-order valence-corrected chi connectivity index (χ3v) is 4.37. The van der Waals surface area contributed by atoms with Crippen LogP contribution in [0.2, 0.25) is 0 Å². The van der Waals surface area contributed by atoms with Crippen molar-refractivity contribution < 1.29 is 13.5 Å². The van der Waals surface area contributed by atoms with Gasteiger partial charge in [0.05, 0.1) is 11.0 Å². The predicted molar refractivity (Wildman–Crippen MR) is 69.8 cm³/mol. The summed E-state index contributed by atoms with van der Waals surface area (Å²) in [6.07, 6.45) is 0.646. The van der Waals surface area contributed by atoms with Crippen molar-refractivity contribution in [2.45, 2.75) is 24.3 Å². The van der Waals surface area contributed by atoms with Crippen LogP contribution in [-0.4, -0.2) is 32.7 Å². The predicted octanol–water partition coefficient (Wildman–Crippen LogP) is 0.541. The molecule has 2 atom stereocenters. The summed E-state index contributed by atoms with van der Waals surface area (Å²) < 4.78 is 22.3. The van der Waals surface area contributed by atoms with E-state index >= 15 is 0 Å². The van der Waals surface area contributed by atoms with E-state index in [0.29, 0.717) is 0 Å². The van der Waals surface area contributed by atoms with Crippen LogP contribution in [0.4, 0.5) is 5.69 Å². The smallest absolute Gasteiger partial charge is 0.238 e. The fraction of sp³-hybridized carbons (Fsp3) is 0.500.